The Morgan fingerprint density at radius 2 is 1.43 bits per heavy atom. The SMILES string of the molecule is Cc1ccc(C(c2ccc(C#N)cc2)n2cnnc2)cc1. The summed E-state index contributed by atoms with van der Waals surface area (Å²) in [6, 6.07) is 18.2. The molecule has 21 heavy (non-hydrogen) atoms. The molecule has 0 aliphatic heterocycles. The summed E-state index contributed by atoms with van der Waals surface area (Å²) in [5, 5.41) is 16.7. The summed E-state index contributed by atoms with van der Waals surface area (Å²) < 4.78 is 1.96. The number of aromatic nitrogens is 3. The highest BCUT2D eigenvalue weighted by atomic mass is 15.2. The maximum atomic E-state index is 8.92. The van der Waals surface area contributed by atoms with E-state index in [-0.39, 0.29) is 6.04 Å². The lowest BCUT2D eigenvalue weighted by molar-refractivity contribution is 0.674. The van der Waals surface area contributed by atoms with Crippen molar-refractivity contribution in [3.63, 3.8) is 0 Å². The van der Waals surface area contributed by atoms with Gasteiger partial charge in [0.2, 0.25) is 0 Å². The normalized spacial score (nSPS) is 11.8. The maximum absolute atomic E-state index is 8.92. The van der Waals surface area contributed by atoms with Gasteiger partial charge < -0.3 is 4.57 Å². The minimum atomic E-state index is 0.00772. The molecule has 102 valence electrons. The van der Waals surface area contributed by atoms with Gasteiger partial charge in [-0.1, -0.05) is 42.0 Å². The first-order chi connectivity index (χ1) is 10.3. The standard InChI is InChI=1S/C17H14N4/c1-13-2-6-15(7-3-13)17(21-11-19-20-12-21)16-8-4-14(10-18)5-9-16/h2-9,11-12,17H,1H3. The van der Waals surface area contributed by atoms with Gasteiger partial charge in [-0.05, 0) is 30.2 Å². The van der Waals surface area contributed by atoms with Crippen LogP contribution in [-0.2, 0) is 0 Å². The molecule has 4 nitrogen and oxygen atoms in total. The number of aryl methyl sites for hydroxylation is 1. The molecule has 1 unspecified atom stereocenters. The highest BCUT2D eigenvalue weighted by Crippen LogP contribution is 2.26. The molecule has 1 atom stereocenters. The predicted octanol–water partition coefficient (Wildman–Crippen LogP) is 3.10. The van der Waals surface area contributed by atoms with Gasteiger partial charge in [-0.3, -0.25) is 0 Å². The van der Waals surface area contributed by atoms with Crippen LogP contribution in [0.15, 0.2) is 61.2 Å². The number of hydrogen-bond donors (Lipinski definition) is 0. The Kier molecular flexibility index (Phi) is 3.48. The average molecular weight is 274 g/mol. The molecule has 0 aliphatic carbocycles. The van der Waals surface area contributed by atoms with E-state index >= 15 is 0 Å². The van der Waals surface area contributed by atoms with E-state index in [0.717, 1.165) is 11.1 Å². The van der Waals surface area contributed by atoms with E-state index in [0.29, 0.717) is 5.56 Å². The van der Waals surface area contributed by atoms with Crippen LogP contribution in [0, 0.1) is 18.3 Å². The van der Waals surface area contributed by atoms with E-state index in [9.17, 15) is 0 Å². The second kappa shape index (κ2) is 5.59. The van der Waals surface area contributed by atoms with Crippen LogP contribution in [0.3, 0.4) is 0 Å². The Morgan fingerprint density at radius 3 is 1.95 bits per heavy atom. The molecule has 4 heteroatoms. The first-order valence-corrected chi connectivity index (χ1v) is 6.68. The molecule has 0 N–H and O–H groups in total. The number of nitrogens with zero attached hydrogens (tertiary/aromatic N) is 4. The fourth-order valence-electron chi connectivity index (χ4n) is 2.37. The fraction of sp³-hybridized carbons (Fsp3) is 0.118. The quantitative estimate of drug-likeness (QED) is 0.737. The summed E-state index contributed by atoms with van der Waals surface area (Å²) in [7, 11) is 0. The Balaban J connectivity index is 2.08. The number of benzene rings is 2. The number of hydrogen-bond acceptors (Lipinski definition) is 3. The lowest BCUT2D eigenvalue weighted by atomic mass is 9.97. The summed E-state index contributed by atoms with van der Waals surface area (Å²) in [6.45, 7) is 2.07. The van der Waals surface area contributed by atoms with Crippen LogP contribution >= 0.6 is 0 Å². The van der Waals surface area contributed by atoms with Crippen LogP contribution < -0.4 is 0 Å². The first-order valence-electron chi connectivity index (χ1n) is 6.68. The van der Waals surface area contributed by atoms with Crippen molar-refractivity contribution in [1.82, 2.24) is 14.8 Å². The van der Waals surface area contributed by atoms with Crippen LogP contribution in [0.25, 0.3) is 0 Å². The van der Waals surface area contributed by atoms with E-state index in [1.165, 1.54) is 5.56 Å². The largest absolute Gasteiger partial charge is 0.308 e. The molecular formula is C17H14N4. The van der Waals surface area contributed by atoms with Crippen molar-refractivity contribution in [2.75, 3.05) is 0 Å². The van der Waals surface area contributed by atoms with Crippen LogP contribution in [0.2, 0.25) is 0 Å². The second-order valence-corrected chi connectivity index (χ2v) is 4.96. The molecule has 2 aromatic carbocycles. The smallest absolute Gasteiger partial charge is 0.120 e. The van der Waals surface area contributed by atoms with Gasteiger partial charge in [-0.2, -0.15) is 5.26 Å². The van der Waals surface area contributed by atoms with E-state index in [1.54, 1.807) is 12.7 Å². The van der Waals surface area contributed by atoms with Gasteiger partial charge in [0, 0.05) is 0 Å². The Bertz CT molecular complexity index is 750. The number of rotatable bonds is 3. The van der Waals surface area contributed by atoms with Crippen molar-refractivity contribution < 1.29 is 0 Å². The van der Waals surface area contributed by atoms with Crippen molar-refractivity contribution >= 4 is 0 Å². The average Bonchev–Trinajstić information content (AvgIpc) is 3.04. The van der Waals surface area contributed by atoms with Crippen LogP contribution in [0.1, 0.15) is 28.3 Å². The molecule has 0 bridgehead atoms. The third-order valence-electron chi connectivity index (χ3n) is 3.48. The van der Waals surface area contributed by atoms with Gasteiger partial charge in [0.25, 0.3) is 0 Å². The molecule has 0 fully saturated rings. The molecule has 3 rings (SSSR count). The van der Waals surface area contributed by atoms with E-state index in [4.69, 9.17) is 5.26 Å². The molecule has 0 saturated carbocycles. The third-order valence-corrected chi connectivity index (χ3v) is 3.48. The third kappa shape index (κ3) is 2.67. The summed E-state index contributed by atoms with van der Waals surface area (Å²) in [4.78, 5) is 0. The van der Waals surface area contributed by atoms with Gasteiger partial charge in [0.05, 0.1) is 17.7 Å². The second-order valence-electron chi connectivity index (χ2n) is 4.96. The van der Waals surface area contributed by atoms with E-state index in [1.807, 2.05) is 28.8 Å². The number of nitriles is 1. The van der Waals surface area contributed by atoms with Gasteiger partial charge in [-0.25, -0.2) is 0 Å². The summed E-state index contributed by atoms with van der Waals surface area (Å²) in [5.41, 5.74) is 4.13. The zero-order chi connectivity index (χ0) is 14.7. The van der Waals surface area contributed by atoms with Crippen LogP contribution in [0.4, 0.5) is 0 Å². The zero-order valence-corrected chi connectivity index (χ0v) is 11.6. The maximum Gasteiger partial charge on any atom is 0.120 e. The Hall–Kier alpha value is -2.93. The Labute approximate surface area is 123 Å². The molecule has 1 heterocycles. The Morgan fingerprint density at radius 1 is 0.905 bits per heavy atom. The van der Waals surface area contributed by atoms with Crippen molar-refractivity contribution in [1.29, 1.82) is 5.26 Å². The summed E-state index contributed by atoms with van der Waals surface area (Å²) in [6.07, 6.45) is 3.42. The van der Waals surface area contributed by atoms with Crippen LogP contribution in [-0.4, -0.2) is 14.8 Å². The van der Waals surface area contributed by atoms with Crippen molar-refractivity contribution in [2.45, 2.75) is 13.0 Å². The summed E-state index contributed by atoms with van der Waals surface area (Å²) in [5.74, 6) is 0. The van der Waals surface area contributed by atoms with E-state index in [2.05, 4.69) is 47.5 Å². The highest BCUT2D eigenvalue weighted by Gasteiger charge is 2.16. The van der Waals surface area contributed by atoms with Crippen molar-refractivity contribution in [3.05, 3.63) is 83.4 Å². The fourth-order valence-corrected chi connectivity index (χ4v) is 2.37. The minimum absolute atomic E-state index is 0.00772. The minimum Gasteiger partial charge on any atom is -0.308 e. The summed E-state index contributed by atoms with van der Waals surface area (Å²) >= 11 is 0. The van der Waals surface area contributed by atoms with Gasteiger partial charge >= 0.3 is 0 Å². The van der Waals surface area contributed by atoms with Crippen molar-refractivity contribution in [2.24, 2.45) is 0 Å². The molecule has 0 aliphatic rings. The molecule has 0 spiro atoms. The van der Waals surface area contributed by atoms with E-state index < -0.39 is 0 Å². The monoisotopic (exact) mass is 274 g/mol. The molecule has 1 aromatic heterocycles. The van der Waals surface area contributed by atoms with Gasteiger partial charge in [-0.15, -0.1) is 10.2 Å². The molecule has 0 saturated heterocycles. The van der Waals surface area contributed by atoms with Gasteiger partial charge in [0.15, 0.2) is 0 Å². The molecule has 3 aromatic rings. The lowest BCUT2D eigenvalue weighted by Gasteiger charge is -2.19. The van der Waals surface area contributed by atoms with Crippen molar-refractivity contribution in [3.8, 4) is 6.07 Å². The zero-order valence-electron chi connectivity index (χ0n) is 11.6. The van der Waals surface area contributed by atoms with Gasteiger partial charge in [0.1, 0.15) is 12.7 Å². The predicted molar refractivity (Wildman–Crippen MR) is 79.6 cm³/mol. The molecule has 0 radical (unpaired) electrons. The highest BCUT2D eigenvalue weighted by molar-refractivity contribution is 5.38. The molecule has 0 amide bonds. The van der Waals surface area contributed by atoms with Crippen LogP contribution in [0.5, 0.6) is 0 Å². The lowest BCUT2D eigenvalue weighted by Crippen LogP contribution is -2.10. The molecular weight excluding hydrogens is 260 g/mol. The topological polar surface area (TPSA) is 54.5 Å². The first kappa shape index (κ1) is 13.1.